The summed E-state index contributed by atoms with van der Waals surface area (Å²) < 4.78 is 5.58. The van der Waals surface area contributed by atoms with Gasteiger partial charge in [-0.25, -0.2) is 0 Å². The van der Waals surface area contributed by atoms with Gasteiger partial charge in [0.25, 0.3) is 5.56 Å². The van der Waals surface area contributed by atoms with E-state index in [2.05, 4.69) is 11.9 Å². The van der Waals surface area contributed by atoms with Gasteiger partial charge in [0.05, 0.1) is 23.4 Å². The van der Waals surface area contributed by atoms with Gasteiger partial charge >= 0.3 is 0 Å². The van der Waals surface area contributed by atoms with Crippen molar-refractivity contribution in [3.05, 3.63) is 39.7 Å². The second kappa shape index (κ2) is 7.08. The molecule has 1 unspecified atom stereocenters. The molecule has 7 heteroatoms. The summed E-state index contributed by atoms with van der Waals surface area (Å²) in [4.78, 5) is 17.1. The number of ether oxygens (including phenoxy) is 1. The number of aromatic amines is 1. The van der Waals surface area contributed by atoms with Crippen molar-refractivity contribution in [2.45, 2.75) is 31.5 Å². The third kappa shape index (κ3) is 3.19. The van der Waals surface area contributed by atoms with Gasteiger partial charge in [0.2, 0.25) is 0 Å². The molecule has 1 fully saturated rings. The molecule has 7 nitrogen and oxygen atoms in total. The van der Waals surface area contributed by atoms with E-state index in [1.54, 1.807) is 25.3 Å². The van der Waals surface area contributed by atoms with Crippen molar-refractivity contribution in [2.75, 3.05) is 31.7 Å². The van der Waals surface area contributed by atoms with E-state index in [1.807, 2.05) is 11.0 Å². The Hall–Kier alpha value is -2.40. The molecule has 1 aromatic carbocycles. The number of aliphatic hydroxyl groups excluding tert-OH is 2. The number of nitrogens with zero attached hydrogens (tertiary/aromatic N) is 2. The third-order valence-electron chi connectivity index (χ3n) is 5.31. The van der Waals surface area contributed by atoms with Crippen LogP contribution in [-0.2, 0) is 4.74 Å². The fourth-order valence-electron chi connectivity index (χ4n) is 3.45. The highest BCUT2D eigenvalue weighted by Gasteiger charge is 2.32. The first-order valence-electron chi connectivity index (χ1n) is 8.61. The van der Waals surface area contributed by atoms with Crippen LogP contribution in [0.3, 0.4) is 0 Å². The number of hydrogen-bond acceptors (Lipinski definition) is 6. The lowest BCUT2D eigenvalue weighted by molar-refractivity contribution is -0.0132. The molecule has 0 bridgehead atoms. The second-order valence-corrected chi connectivity index (χ2v) is 6.93. The maximum atomic E-state index is 12.4. The molecule has 1 aliphatic rings. The minimum Gasteiger partial charge on any atom is -0.393 e. The molecule has 0 saturated carbocycles. The van der Waals surface area contributed by atoms with Crippen molar-refractivity contribution in [1.82, 2.24) is 4.98 Å². The van der Waals surface area contributed by atoms with Crippen molar-refractivity contribution in [3.8, 4) is 6.07 Å². The fourth-order valence-corrected chi connectivity index (χ4v) is 3.45. The van der Waals surface area contributed by atoms with E-state index in [-0.39, 0.29) is 11.2 Å². The number of fused-ring (bicyclic) bond motifs is 1. The second-order valence-electron chi connectivity index (χ2n) is 6.93. The highest BCUT2D eigenvalue weighted by molar-refractivity contribution is 5.95. The molecule has 26 heavy (non-hydrogen) atoms. The smallest absolute Gasteiger partial charge is 0.268 e. The molecule has 0 spiro atoms. The van der Waals surface area contributed by atoms with E-state index in [1.165, 1.54) is 0 Å². The molecule has 1 atom stereocenters. The summed E-state index contributed by atoms with van der Waals surface area (Å²) in [5, 5.41) is 29.4. The van der Waals surface area contributed by atoms with Crippen LogP contribution in [-0.4, -0.2) is 47.6 Å². The number of hydrogen-bond donors (Lipinski definition) is 3. The number of piperidine rings is 1. The lowest BCUT2D eigenvalue weighted by Gasteiger charge is -2.40. The Labute approximate surface area is 151 Å². The molecule has 1 saturated heterocycles. The van der Waals surface area contributed by atoms with Crippen molar-refractivity contribution in [3.63, 3.8) is 0 Å². The predicted molar refractivity (Wildman–Crippen MR) is 98.2 cm³/mol. The van der Waals surface area contributed by atoms with Gasteiger partial charge in [-0.2, -0.15) is 5.26 Å². The first-order valence-corrected chi connectivity index (χ1v) is 8.61. The van der Waals surface area contributed by atoms with Gasteiger partial charge in [0.15, 0.2) is 0 Å². The largest absolute Gasteiger partial charge is 0.393 e. The van der Waals surface area contributed by atoms with Gasteiger partial charge in [-0.05, 0) is 37.5 Å². The van der Waals surface area contributed by atoms with Crippen LogP contribution in [0.25, 0.3) is 10.9 Å². The van der Waals surface area contributed by atoms with Gasteiger partial charge in [0.1, 0.15) is 17.7 Å². The maximum absolute atomic E-state index is 12.4. The average molecular weight is 357 g/mol. The van der Waals surface area contributed by atoms with Gasteiger partial charge in [-0.15, -0.1) is 0 Å². The molecule has 0 aliphatic carbocycles. The van der Waals surface area contributed by atoms with E-state index in [9.17, 15) is 20.3 Å². The molecule has 1 aromatic heterocycles. The number of H-pyrrole nitrogens is 1. The zero-order chi connectivity index (χ0) is 18.9. The first kappa shape index (κ1) is 18.4. The number of benzene rings is 1. The van der Waals surface area contributed by atoms with Crippen LogP contribution in [0.1, 0.15) is 37.0 Å². The normalized spacial score (nSPS) is 17.9. The highest BCUT2D eigenvalue weighted by Crippen LogP contribution is 2.34. The first-order chi connectivity index (χ1) is 12.4. The van der Waals surface area contributed by atoms with Crippen LogP contribution in [0.2, 0.25) is 0 Å². The topological polar surface area (TPSA) is 110 Å². The molecule has 3 N–H and O–H groups in total. The Morgan fingerprint density at radius 3 is 2.69 bits per heavy atom. The van der Waals surface area contributed by atoms with Crippen molar-refractivity contribution < 1.29 is 14.9 Å². The Morgan fingerprint density at radius 1 is 1.42 bits per heavy atom. The number of nitriles is 1. The van der Waals surface area contributed by atoms with E-state index in [4.69, 9.17) is 4.74 Å². The van der Waals surface area contributed by atoms with E-state index in [0.29, 0.717) is 35.2 Å². The Balaban J connectivity index is 2.15. The maximum Gasteiger partial charge on any atom is 0.268 e. The number of pyridine rings is 1. The summed E-state index contributed by atoms with van der Waals surface area (Å²) in [6.45, 7) is 2.97. The molecule has 3 rings (SSSR count). The molecule has 2 heterocycles. The van der Waals surface area contributed by atoms with Crippen LogP contribution < -0.4 is 10.5 Å². The van der Waals surface area contributed by atoms with Crippen molar-refractivity contribution in [1.29, 1.82) is 5.26 Å². The number of aliphatic hydroxyl groups is 2. The predicted octanol–water partition coefficient (Wildman–Crippen LogP) is 1.43. The average Bonchev–Trinajstić information content (AvgIpc) is 2.66. The fraction of sp³-hybridized carbons (Fsp3) is 0.474. The molecule has 0 amide bonds. The zero-order valence-electron chi connectivity index (χ0n) is 15.0. The van der Waals surface area contributed by atoms with Gasteiger partial charge in [0, 0.05) is 25.6 Å². The van der Waals surface area contributed by atoms with Crippen LogP contribution in [0, 0.1) is 11.3 Å². The monoisotopic (exact) mass is 357 g/mol. The van der Waals surface area contributed by atoms with Crippen LogP contribution in [0.15, 0.2) is 23.0 Å². The third-order valence-corrected chi connectivity index (χ3v) is 5.31. The SMILES string of the molecule is COC1(C)CCN(c2c(C#N)c(=O)[nH]c3ccc(C(O)CO)cc23)CC1. The van der Waals surface area contributed by atoms with Crippen molar-refractivity contribution in [2.24, 2.45) is 0 Å². The van der Waals surface area contributed by atoms with Gasteiger partial charge in [-0.3, -0.25) is 4.79 Å². The van der Waals surface area contributed by atoms with Crippen LogP contribution in [0.4, 0.5) is 5.69 Å². The number of aromatic nitrogens is 1. The standard InChI is InChI=1S/C19H23N3O4/c1-19(26-2)5-7-22(8-6-19)17-13-9-12(16(24)11-23)3-4-15(13)21-18(25)14(17)10-20/h3-4,9,16,23-24H,5-8,11H2,1-2H3,(H,21,25). The lowest BCUT2D eigenvalue weighted by atomic mass is 9.92. The molecular weight excluding hydrogens is 334 g/mol. The Bertz CT molecular complexity index is 907. The minimum absolute atomic E-state index is 0.0640. The summed E-state index contributed by atoms with van der Waals surface area (Å²) in [7, 11) is 1.70. The zero-order valence-corrected chi connectivity index (χ0v) is 15.0. The lowest BCUT2D eigenvalue weighted by Crippen LogP contribution is -2.44. The molecule has 2 aromatic rings. The molecular formula is C19H23N3O4. The Kier molecular flexibility index (Phi) is 5.01. The summed E-state index contributed by atoms with van der Waals surface area (Å²) in [6.07, 6.45) is 0.548. The van der Waals surface area contributed by atoms with Crippen LogP contribution in [0.5, 0.6) is 0 Å². The minimum atomic E-state index is -1.01. The summed E-state index contributed by atoms with van der Waals surface area (Å²) in [5.74, 6) is 0. The Morgan fingerprint density at radius 2 is 2.12 bits per heavy atom. The van der Waals surface area contributed by atoms with Gasteiger partial charge in [-0.1, -0.05) is 6.07 Å². The number of nitrogens with one attached hydrogen (secondary N) is 1. The number of anilines is 1. The number of methoxy groups -OCH3 is 1. The summed E-state index contributed by atoms with van der Waals surface area (Å²) in [6, 6.07) is 7.10. The summed E-state index contributed by atoms with van der Waals surface area (Å²) in [5.41, 5.74) is 1.14. The van der Waals surface area contributed by atoms with E-state index >= 15 is 0 Å². The highest BCUT2D eigenvalue weighted by atomic mass is 16.5. The van der Waals surface area contributed by atoms with Crippen LogP contribution >= 0.6 is 0 Å². The molecule has 138 valence electrons. The quantitative estimate of drug-likeness (QED) is 0.764. The summed E-state index contributed by atoms with van der Waals surface area (Å²) >= 11 is 0. The van der Waals surface area contributed by atoms with Gasteiger partial charge < -0.3 is 24.8 Å². The molecule has 1 aliphatic heterocycles. The molecule has 0 radical (unpaired) electrons. The van der Waals surface area contributed by atoms with Crippen molar-refractivity contribution >= 4 is 16.6 Å². The van der Waals surface area contributed by atoms with E-state index < -0.39 is 18.3 Å². The van der Waals surface area contributed by atoms with E-state index in [0.717, 1.165) is 12.8 Å². The number of rotatable bonds is 4.